The number of fused-ring (bicyclic) bond motifs is 3. The van der Waals surface area contributed by atoms with Crippen LogP contribution in [0.1, 0.15) is 46.5 Å². The van der Waals surface area contributed by atoms with Gasteiger partial charge in [0.1, 0.15) is 16.6 Å². The number of aromatic nitrogens is 2. The van der Waals surface area contributed by atoms with Crippen LogP contribution in [0.5, 0.6) is 0 Å². The van der Waals surface area contributed by atoms with Gasteiger partial charge in [-0.15, -0.1) is 0 Å². The summed E-state index contributed by atoms with van der Waals surface area (Å²) in [5, 5.41) is 4.95. The molecule has 6 nitrogen and oxygen atoms in total. The summed E-state index contributed by atoms with van der Waals surface area (Å²) in [5.41, 5.74) is 0.358. The quantitative estimate of drug-likeness (QED) is 0.760. The van der Waals surface area contributed by atoms with Crippen molar-refractivity contribution in [1.29, 1.82) is 0 Å². The van der Waals surface area contributed by atoms with Gasteiger partial charge >= 0.3 is 6.09 Å². The second-order valence-corrected chi connectivity index (χ2v) is 8.84. The van der Waals surface area contributed by atoms with Crippen LogP contribution in [0.25, 0.3) is 10.9 Å². The normalized spacial score (nSPS) is 24.9. The summed E-state index contributed by atoms with van der Waals surface area (Å²) in [6.45, 7) is 5.72. The van der Waals surface area contributed by atoms with E-state index in [-0.39, 0.29) is 24.2 Å². The summed E-state index contributed by atoms with van der Waals surface area (Å²) >= 11 is 6.18. The first-order valence-electron chi connectivity index (χ1n) is 9.49. The molecular formula is C20H25ClN4O2. The number of carbonyl (C=O) groups is 1. The molecule has 2 aliphatic rings. The van der Waals surface area contributed by atoms with Gasteiger partial charge < -0.3 is 15.0 Å². The van der Waals surface area contributed by atoms with Crippen molar-refractivity contribution in [3.05, 3.63) is 29.5 Å². The fraction of sp³-hybridized carbons (Fsp3) is 0.550. The molecule has 4 heterocycles. The van der Waals surface area contributed by atoms with Crippen LogP contribution in [0.4, 0.5) is 10.6 Å². The standard InChI is InChI=1S/C20H25ClN4O2/c1-20(2,3)27-19(26)25-13-6-7-14(25)10-12(9-13)23-18-15-5-4-8-22-16(15)11-17(21)24-18/h4-5,8,11-14H,6-7,9-10H2,1-3H3,(H,23,24)/t12?,13-,14?/m0/s1. The zero-order chi connectivity index (χ0) is 19.2. The number of carbonyl (C=O) groups excluding carboxylic acids is 1. The predicted molar refractivity (Wildman–Crippen MR) is 106 cm³/mol. The Bertz CT molecular complexity index is 853. The molecule has 2 bridgehead atoms. The Morgan fingerprint density at radius 2 is 2.00 bits per heavy atom. The lowest BCUT2D eigenvalue weighted by Gasteiger charge is -2.39. The number of ether oxygens (including phenoxy) is 1. The van der Waals surface area contributed by atoms with Crippen LogP contribution in [-0.4, -0.2) is 44.7 Å². The number of amides is 1. The van der Waals surface area contributed by atoms with E-state index in [2.05, 4.69) is 15.3 Å². The van der Waals surface area contributed by atoms with E-state index in [4.69, 9.17) is 16.3 Å². The van der Waals surface area contributed by atoms with Crippen molar-refractivity contribution in [2.75, 3.05) is 5.32 Å². The molecule has 2 saturated heterocycles. The molecule has 0 aliphatic carbocycles. The zero-order valence-corrected chi connectivity index (χ0v) is 16.7. The van der Waals surface area contributed by atoms with Gasteiger partial charge in [0.05, 0.1) is 5.52 Å². The van der Waals surface area contributed by atoms with Crippen LogP contribution < -0.4 is 5.32 Å². The number of hydrogen-bond acceptors (Lipinski definition) is 5. The first-order valence-corrected chi connectivity index (χ1v) is 9.87. The predicted octanol–water partition coefficient (Wildman–Crippen LogP) is 4.63. The minimum atomic E-state index is -0.470. The number of piperidine rings is 1. The van der Waals surface area contributed by atoms with Gasteiger partial charge in [0.2, 0.25) is 0 Å². The molecule has 3 atom stereocenters. The summed E-state index contributed by atoms with van der Waals surface area (Å²) in [7, 11) is 0. The summed E-state index contributed by atoms with van der Waals surface area (Å²) in [4.78, 5) is 23.4. The van der Waals surface area contributed by atoms with E-state index in [0.717, 1.165) is 42.4 Å². The van der Waals surface area contributed by atoms with Crippen molar-refractivity contribution in [2.24, 2.45) is 0 Å². The molecular weight excluding hydrogens is 364 g/mol. The lowest BCUT2D eigenvalue weighted by Crippen LogP contribution is -2.51. The molecule has 2 fully saturated rings. The number of nitrogens with one attached hydrogen (secondary N) is 1. The van der Waals surface area contributed by atoms with Gasteiger partial charge in [0.25, 0.3) is 0 Å². The molecule has 2 aliphatic heterocycles. The highest BCUT2D eigenvalue weighted by atomic mass is 35.5. The molecule has 1 N–H and O–H groups in total. The van der Waals surface area contributed by atoms with E-state index in [1.165, 1.54) is 0 Å². The Kier molecular flexibility index (Phi) is 4.62. The monoisotopic (exact) mass is 388 g/mol. The minimum absolute atomic E-state index is 0.191. The van der Waals surface area contributed by atoms with Crippen LogP contribution in [0.15, 0.2) is 24.4 Å². The van der Waals surface area contributed by atoms with E-state index in [9.17, 15) is 4.79 Å². The van der Waals surface area contributed by atoms with Gasteiger partial charge in [-0.1, -0.05) is 11.6 Å². The lowest BCUT2D eigenvalue weighted by molar-refractivity contribution is 0.00683. The van der Waals surface area contributed by atoms with Crippen molar-refractivity contribution in [3.63, 3.8) is 0 Å². The third-order valence-electron chi connectivity index (χ3n) is 5.25. The van der Waals surface area contributed by atoms with Gasteiger partial charge in [-0.05, 0) is 58.6 Å². The van der Waals surface area contributed by atoms with Gasteiger partial charge in [-0.3, -0.25) is 4.98 Å². The average molecular weight is 389 g/mol. The maximum absolute atomic E-state index is 12.6. The fourth-order valence-electron chi connectivity index (χ4n) is 4.26. The van der Waals surface area contributed by atoms with Crippen LogP contribution >= 0.6 is 11.6 Å². The molecule has 4 rings (SSSR count). The first-order chi connectivity index (χ1) is 12.8. The second kappa shape index (κ2) is 6.82. The zero-order valence-electron chi connectivity index (χ0n) is 15.9. The molecule has 0 radical (unpaired) electrons. The molecule has 1 amide bonds. The second-order valence-electron chi connectivity index (χ2n) is 8.45. The van der Waals surface area contributed by atoms with Crippen molar-refractivity contribution in [1.82, 2.24) is 14.9 Å². The maximum Gasteiger partial charge on any atom is 0.410 e. The van der Waals surface area contributed by atoms with E-state index < -0.39 is 5.60 Å². The molecule has 7 heteroatoms. The van der Waals surface area contributed by atoms with Crippen molar-refractivity contribution >= 4 is 34.4 Å². The van der Waals surface area contributed by atoms with Gasteiger partial charge in [-0.25, -0.2) is 9.78 Å². The summed E-state index contributed by atoms with van der Waals surface area (Å²) in [6, 6.07) is 6.34. The Labute approximate surface area is 164 Å². The van der Waals surface area contributed by atoms with Crippen LogP contribution in [0.2, 0.25) is 5.15 Å². The number of hydrogen-bond donors (Lipinski definition) is 1. The highest BCUT2D eigenvalue weighted by Crippen LogP contribution is 2.38. The molecule has 0 spiro atoms. The van der Waals surface area contributed by atoms with Gasteiger partial charge in [0.15, 0.2) is 0 Å². The van der Waals surface area contributed by atoms with Gasteiger partial charge in [0, 0.05) is 35.8 Å². The molecule has 0 saturated carbocycles. The molecule has 0 aromatic carbocycles. The fourth-order valence-corrected chi connectivity index (χ4v) is 4.44. The Morgan fingerprint density at radius 1 is 1.30 bits per heavy atom. The molecule has 2 aromatic heterocycles. The van der Waals surface area contributed by atoms with Crippen molar-refractivity contribution in [2.45, 2.75) is 70.2 Å². The number of halogens is 1. The lowest BCUT2D eigenvalue weighted by atomic mass is 9.97. The van der Waals surface area contributed by atoms with E-state index >= 15 is 0 Å². The van der Waals surface area contributed by atoms with Crippen LogP contribution in [-0.2, 0) is 4.74 Å². The van der Waals surface area contributed by atoms with E-state index in [1.54, 1.807) is 12.3 Å². The molecule has 2 unspecified atom stereocenters. The number of rotatable bonds is 2. The summed E-state index contributed by atoms with van der Waals surface area (Å²) < 4.78 is 5.61. The molecule has 2 aromatic rings. The largest absolute Gasteiger partial charge is 0.444 e. The van der Waals surface area contributed by atoms with Crippen molar-refractivity contribution in [3.8, 4) is 0 Å². The van der Waals surface area contributed by atoms with Crippen molar-refractivity contribution < 1.29 is 9.53 Å². The van der Waals surface area contributed by atoms with Gasteiger partial charge in [-0.2, -0.15) is 0 Å². The molecule has 27 heavy (non-hydrogen) atoms. The highest BCUT2D eigenvalue weighted by Gasteiger charge is 2.45. The summed E-state index contributed by atoms with van der Waals surface area (Å²) in [5.74, 6) is 0.765. The smallest absolute Gasteiger partial charge is 0.410 e. The minimum Gasteiger partial charge on any atom is -0.444 e. The SMILES string of the molecule is CC(C)(C)OC(=O)N1C2CC[C@H]1CC(Nc1nc(Cl)cc3ncccc13)C2. The van der Waals surface area contributed by atoms with E-state index in [1.807, 2.05) is 37.8 Å². The Morgan fingerprint density at radius 3 is 2.67 bits per heavy atom. The molecule has 144 valence electrons. The average Bonchev–Trinajstić information content (AvgIpc) is 2.85. The topological polar surface area (TPSA) is 67.3 Å². The number of anilines is 1. The number of nitrogens with zero attached hydrogens (tertiary/aromatic N) is 3. The maximum atomic E-state index is 12.6. The third-order valence-corrected chi connectivity index (χ3v) is 5.44. The Balaban J connectivity index is 1.51. The highest BCUT2D eigenvalue weighted by molar-refractivity contribution is 6.30. The number of pyridine rings is 2. The first kappa shape index (κ1) is 18.3. The Hall–Kier alpha value is -2.08. The van der Waals surface area contributed by atoms with Crippen LogP contribution in [0, 0.1) is 0 Å². The van der Waals surface area contributed by atoms with E-state index in [0.29, 0.717) is 5.15 Å². The summed E-state index contributed by atoms with van der Waals surface area (Å²) in [6.07, 6.45) is 5.36. The third kappa shape index (κ3) is 3.81. The van der Waals surface area contributed by atoms with Crippen LogP contribution in [0.3, 0.4) is 0 Å².